The van der Waals surface area contributed by atoms with E-state index in [0.29, 0.717) is 6.04 Å². The molecule has 2 unspecified atom stereocenters. The molecule has 0 bridgehead atoms. The minimum Gasteiger partial charge on any atom is -0.508 e. The van der Waals surface area contributed by atoms with Gasteiger partial charge in [0.05, 0.1) is 0 Å². The van der Waals surface area contributed by atoms with E-state index in [1.165, 1.54) is 0 Å². The SMILES string of the molecule is O=C(O)C1CCC2CCc3cc(O)ccc3N21. The van der Waals surface area contributed by atoms with E-state index in [4.69, 9.17) is 0 Å². The molecule has 0 saturated carbocycles. The number of aromatic hydroxyl groups is 1. The van der Waals surface area contributed by atoms with E-state index in [1.807, 2.05) is 11.0 Å². The summed E-state index contributed by atoms with van der Waals surface area (Å²) in [5, 5.41) is 18.7. The number of anilines is 1. The smallest absolute Gasteiger partial charge is 0.326 e. The molecule has 90 valence electrons. The normalized spacial score (nSPS) is 26.5. The van der Waals surface area contributed by atoms with Crippen LogP contribution in [0.2, 0.25) is 0 Å². The Hall–Kier alpha value is -1.71. The van der Waals surface area contributed by atoms with Gasteiger partial charge in [-0.1, -0.05) is 0 Å². The van der Waals surface area contributed by atoms with Crippen LogP contribution in [0.3, 0.4) is 0 Å². The van der Waals surface area contributed by atoms with Crippen molar-refractivity contribution in [1.29, 1.82) is 0 Å². The number of nitrogens with zero attached hydrogens (tertiary/aromatic N) is 1. The number of hydrogen-bond acceptors (Lipinski definition) is 3. The van der Waals surface area contributed by atoms with Gasteiger partial charge in [-0.2, -0.15) is 0 Å². The molecule has 3 rings (SSSR count). The van der Waals surface area contributed by atoms with Crippen LogP contribution in [0.25, 0.3) is 0 Å². The summed E-state index contributed by atoms with van der Waals surface area (Å²) >= 11 is 0. The molecule has 2 N–H and O–H groups in total. The summed E-state index contributed by atoms with van der Waals surface area (Å²) in [5.41, 5.74) is 2.05. The van der Waals surface area contributed by atoms with Crippen molar-refractivity contribution in [2.75, 3.05) is 4.90 Å². The fourth-order valence-corrected chi connectivity index (χ4v) is 3.12. The maximum absolute atomic E-state index is 11.2. The summed E-state index contributed by atoms with van der Waals surface area (Å²) in [7, 11) is 0. The van der Waals surface area contributed by atoms with Crippen LogP contribution in [-0.2, 0) is 11.2 Å². The molecule has 2 aliphatic heterocycles. The Morgan fingerprint density at radius 2 is 2.12 bits per heavy atom. The van der Waals surface area contributed by atoms with E-state index < -0.39 is 12.0 Å². The fraction of sp³-hybridized carbons (Fsp3) is 0.462. The molecule has 0 radical (unpaired) electrons. The highest BCUT2D eigenvalue weighted by molar-refractivity contribution is 5.80. The van der Waals surface area contributed by atoms with Crippen molar-refractivity contribution in [2.24, 2.45) is 0 Å². The quantitative estimate of drug-likeness (QED) is 0.776. The van der Waals surface area contributed by atoms with Gasteiger partial charge in [0.25, 0.3) is 0 Å². The van der Waals surface area contributed by atoms with Gasteiger partial charge in [0, 0.05) is 11.7 Å². The molecule has 1 saturated heterocycles. The van der Waals surface area contributed by atoms with Crippen molar-refractivity contribution in [3.05, 3.63) is 23.8 Å². The van der Waals surface area contributed by atoms with Gasteiger partial charge in [-0.25, -0.2) is 4.79 Å². The number of phenolic OH excluding ortho intramolecular Hbond substituents is 1. The Morgan fingerprint density at radius 3 is 2.88 bits per heavy atom. The molecular weight excluding hydrogens is 218 g/mol. The molecule has 1 aromatic carbocycles. The van der Waals surface area contributed by atoms with Gasteiger partial charge >= 0.3 is 5.97 Å². The molecule has 0 amide bonds. The van der Waals surface area contributed by atoms with Crippen LogP contribution in [0.5, 0.6) is 5.75 Å². The summed E-state index contributed by atoms with van der Waals surface area (Å²) < 4.78 is 0. The molecule has 1 fully saturated rings. The number of fused-ring (bicyclic) bond motifs is 3. The number of hydrogen-bond donors (Lipinski definition) is 2. The molecule has 0 aromatic heterocycles. The lowest BCUT2D eigenvalue weighted by Gasteiger charge is -2.36. The first-order valence-electron chi connectivity index (χ1n) is 6.00. The summed E-state index contributed by atoms with van der Waals surface area (Å²) in [4.78, 5) is 13.3. The molecule has 17 heavy (non-hydrogen) atoms. The molecular formula is C13H15NO3. The third-order valence-electron chi connectivity index (χ3n) is 3.88. The highest BCUT2D eigenvalue weighted by Gasteiger charge is 2.40. The van der Waals surface area contributed by atoms with E-state index in [0.717, 1.165) is 36.9 Å². The first-order valence-corrected chi connectivity index (χ1v) is 6.00. The lowest BCUT2D eigenvalue weighted by Crippen LogP contribution is -2.43. The summed E-state index contributed by atoms with van der Waals surface area (Å²) in [6.45, 7) is 0. The first kappa shape index (κ1) is 10.4. The monoisotopic (exact) mass is 233 g/mol. The number of carboxylic acid groups (broad SMARTS) is 1. The number of aryl methyl sites for hydroxylation is 1. The van der Waals surface area contributed by atoms with Gasteiger partial charge in [-0.05, 0) is 49.4 Å². The number of rotatable bonds is 1. The third-order valence-corrected chi connectivity index (χ3v) is 3.88. The molecule has 4 heteroatoms. The van der Waals surface area contributed by atoms with Gasteiger partial charge in [-0.3, -0.25) is 0 Å². The molecule has 0 aliphatic carbocycles. The molecule has 0 spiro atoms. The lowest BCUT2D eigenvalue weighted by molar-refractivity contribution is -0.138. The van der Waals surface area contributed by atoms with Gasteiger partial charge in [0.15, 0.2) is 0 Å². The van der Waals surface area contributed by atoms with Crippen molar-refractivity contribution in [2.45, 2.75) is 37.8 Å². The molecule has 2 atom stereocenters. The van der Waals surface area contributed by atoms with Crippen LogP contribution in [0.15, 0.2) is 18.2 Å². The van der Waals surface area contributed by atoms with E-state index >= 15 is 0 Å². The van der Waals surface area contributed by atoms with Gasteiger partial charge in [0.2, 0.25) is 0 Å². The van der Waals surface area contributed by atoms with E-state index in [-0.39, 0.29) is 5.75 Å². The zero-order valence-electron chi connectivity index (χ0n) is 9.47. The van der Waals surface area contributed by atoms with Crippen molar-refractivity contribution >= 4 is 11.7 Å². The minimum absolute atomic E-state index is 0.258. The predicted octanol–water partition coefficient (Wildman–Crippen LogP) is 1.76. The second-order valence-electron chi connectivity index (χ2n) is 4.84. The molecule has 1 aromatic rings. The predicted molar refractivity (Wildman–Crippen MR) is 63.4 cm³/mol. The van der Waals surface area contributed by atoms with Crippen molar-refractivity contribution < 1.29 is 15.0 Å². The van der Waals surface area contributed by atoms with Crippen molar-refractivity contribution in [1.82, 2.24) is 0 Å². The van der Waals surface area contributed by atoms with Gasteiger partial charge in [-0.15, -0.1) is 0 Å². The second kappa shape index (κ2) is 3.65. The topological polar surface area (TPSA) is 60.8 Å². The van der Waals surface area contributed by atoms with E-state index in [9.17, 15) is 15.0 Å². The molecule has 2 aliphatic rings. The Kier molecular flexibility index (Phi) is 2.24. The van der Waals surface area contributed by atoms with E-state index in [2.05, 4.69) is 0 Å². The third kappa shape index (κ3) is 1.55. The lowest BCUT2D eigenvalue weighted by atomic mass is 9.96. The summed E-state index contributed by atoms with van der Waals surface area (Å²) in [5.74, 6) is -0.485. The molecule has 4 nitrogen and oxygen atoms in total. The van der Waals surface area contributed by atoms with Gasteiger partial charge in [0.1, 0.15) is 11.8 Å². The summed E-state index contributed by atoms with van der Waals surface area (Å²) in [6.07, 6.45) is 3.59. The Morgan fingerprint density at radius 1 is 1.29 bits per heavy atom. The first-order chi connectivity index (χ1) is 8.16. The van der Waals surface area contributed by atoms with Crippen LogP contribution in [-0.4, -0.2) is 28.3 Å². The number of benzene rings is 1. The maximum Gasteiger partial charge on any atom is 0.326 e. The van der Waals surface area contributed by atoms with Crippen LogP contribution in [0, 0.1) is 0 Å². The van der Waals surface area contributed by atoms with Gasteiger partial charge < -0.3 is 15.1 Å². The number of phenols is 1. The zero-order valence-corrected chi connectivity index (χ0v) is 9.47. The van der Waals surface area contributed by atoms with Crippen molar-refractivity contribution in [3.8, 4) is 5.75 Å². The molecule has 2 heterocycles. The van der Waals surface area contributed by atoms with Crippen molar-refractivity contribution in [3.63, 3.8) is 0 Å². The van der Waals surface area contributed by atoms with Crippen LogP contribution < -0.4 is 4.90 Å². The Bertz CT molecular complexity index is 472. The summed E-state index contributed by atoms with van der Waals surface area (Å²) in [6, 6.07) is 5.19. The highest BCUT2D eigenvalue weighted by Crippen LogP contribution is 2.40. The number of carbonyl (C=O) groups is 1. The Balaban J connectivity index is 2.04. The maximum atomic E-state index is 11.2. The van der Waals surface area contributed by atoms with Crippen LogP contribution in [0.1, 0.15) is 24.8 Å². The highest BCUT2D eigenvalue weighted by atomic mass is 16.4. The standard InChI is InChI=1S/C13H15NO3/c15-10-4-6-11-8(7-10)1-2-9-3-5-12(13(16)17)14(9)11/h4,6-7,9,12,15H,1-3,5H2,(H,16,17). The Labute approximate surface area is 99.5 Å². The zero-order chi connectivity index (χ0) is 12.0. The van der Waals surface area contributed by atoms with Crippen LogP contribution >= 0.6 is 0 Å². The van der Waals surface area contributed by atoms with Crippen LogP contribution in [0.4, 0.5) is 5.69 Å². The largest absolute Gasteiger partial charge is 0.508 e. The average molecular weight is 233 g/mol. The second-order valence-corrected chi connectivity index (χ2v) is 4.84. The fourth-order valence-electron chi connectivity index (χ4n) is 3.12. The van der Waals surface area contributed by atoms with E-state index in [1.54, 1.807) is 12.1 Å². The minimum atomic E-state index is -0.742. The average Bonchev–Trinajstić information content (AvgIpc) is 2.72. The number of carboxylic acids is 1. The number of aliphatic carboxylic acids is 1.